The number of hydrogen-bond acceptors (Lipinski definition) is 4. The van der Waals surface area contributed by atoms with Crippen LogP contribution < -0.4 is 16.0 Å². The Labute approximate surface area is 127 Å². The molecular formula is C15H17N3O2S. The number of hydrogen-bond donors (Lipinski definition) is 2. The van der Waals surface area contributed by atoms with Crippen molar-refractivity contribution >= 4 is 28.8 Å². The summed E-state index contributed by atoms with van der Waals surface area (Å²) in [5, 5.41) is 4.41. The zero-order valence-electron chi connectivity index (χ0n) is 11.9. The molecule has 5 nitrogen and oxygen atoms in total. The lowest BCUT2D eigenvalue weighted by Gasteiger charge is -2.12. The van der Waals surface area contributed by atoms with Gasteiger partial charge in [0.15, 0.2) is 0 Å². The van der Waals surface area contributed by atoms with Crippen molar-refractivity contribution < 1.29 is 9.59 Å². The van der Waals surface area contributed by atoms with Gasteiger partial charge in [-0.3, -0.25) is 9.59 Å². The Kier molecular flexibility index (Phi) is 4.59. The van der Waals surface area contributed by atoms with Crippen LogP contribution in [-0.4, -0.2) is 25.9 Å². The van der Waals surface area contributed by atoms with Crippen molar-refractivity contribution in [2.45, 2.75) is 6.54 Å². The highest BCUT2D eigenvalue weighted by Crippen LogP contribution is 2.15. The summed E-state index contributed by atoms with van der Waals surface area (Å²) in [5.41, 5.74) is 7.64. The van der Waals surface area contributed by atoms with Crippen LogP contribution in [0.3, 0.4) is 0 Å². The van der Waals surface area contributed by atoms with Crippen LogP contribution in [0.4, 0.5) is 5.69 Å². The smallest absolute Gasteiger partial charge is 0.261 e. The first-order chi connectivity index (χ1) is 9.97. The zero-order chi connectivity index (χ0) is 15.4. The monoisotopic (exact) mass is 303 g/mol. The summed E-state index contributed by atoms with van der Waals surface area (Å²) in [7, 11) is 3.95. The van der Waals surface area contributed by atoms with E-state index < -0.39 is 5.91 Å². The van der Waals surface area contributed by atoms with Crippen molar-refractivity contribution in [2.24, 2.45) is 5.73 Å². The molecule has 0 fully saturated rings. The third kappa shape index (κ3) is 3.82. The van der Waals surface area contributed by atoms with Gasteiger partial charge in [-0.05, 0) is 23.8 Å². The molecule has 0 saturated carbocycles. The van der Waals surface area contributed by atoms with Crippen LogP contribution in [0.2, 0.25) is 0 Å². The number of anilines is 1. The minimum absolute atomic E-state index is 0.204. The van der Waals surface area contributed by atoms with Gasteiger partial charge in [-0.2, -0.15) is 0 Å². The first-order valence-electron chi connectivity index (χ1n) is 6.40. The van der Waals surface area contributed by atoms with E-state index in [1.54, 1.807) is 5.38 Å². The summed E-state index contributed by atoms with van der Waals surface area (Å²) >= 11 is 1.21. The Morgan fingerprint density at radius 3 is 2.43 bits per heavy atom. The van der Waals surface area contributed by atoms with E-state index in [0.29, 0.717) is 17.0 Å². The van der Waals surface area contributed by atoms with Crippen LogP contribution in [0.1, 0.15) is 25.6 Å². The van der Waals surface area contributed by atoms with Gasteiger partial charge >= 0.3 is 0 Å². The minimum atomic E-state index is -0.524. The van der Waals surface area contributed by atoms with E-state index in [4.69, 9.17) is 5.73 Å². The maximum Gasteiger partial charge on any atom is 0.261 e. The Balaban J connectivity index is 1.95. The second-order valence-corrected chi connectivity index (χ2v) is 5.72. The average Bonchev–Trinajstić information content (AvgIpc) is 2.95. The third-order valence-corrected chi connectivity index (χ3v) is 3.94. The average molecular weight is 303 g/mol. The molecule has 6 heteroatoms. The lowest BCUT2D eigenvalue weighted by atomic mass is 10.2. The van der Waals surface area contributed by atoms with Crippen molar-refractivity contribution in [3.8, 4) is 0 Å². The number of nitrogens with two attached hydrogens (primary N) is 1. The summed E-state index contributed by atoms with van der Waals surface area (Å²) < 4.78 is 0. The molecule has 0 atom stereocenters. The molecule has 1 aromatic heterocycles. The molecular weight excluding hydrogens is 286 g/mol. The molecule has 1 aromatic carbocycles. The van der Waals surface area contributed by atoms with E-state index >= 15 is 0 Å². The van der Waals surface area contributed by atoms with E-state index in [1.807, 2.05) is 43.3 Å². The highest BCUT2D eigenvalue weighted by molar-refractivity contribution is 7.12. The van der Waals surface area contributed by atoms with E-state index in [9.17, 15) is 9.59 Å². The van der Waals surface area contributed by atoms with Crippen LogP contribution in [0.25, 0.3) is 0 Å². The maximum absolute atomic E-state index is 12.0. The molecule has 1 heterocycles. The molecule has 0 unspecified atom stereocenters. The van der Waals surface area contributed by atoms with Gasteiger partial charge in [0, 0.05) is 31.7 Å². The predicted molar refractivity (Wildman–Crippen MR) is 84.8 cm³/mol. The van der Waals surface area contributed by atoms with Gasteiger partial charge in [0.25, 0.3) is 5.91 Å². The molecule has 0 aliphatic rings. The summed E-state index contributed by atoms with van der Waals surface area (Å²) in [5.74, 6) is -0.728. The quantitative estimate of drug-likeness (QED) is 0.885. The number of carbonyl (C=O) groups excluding carboxylic acids is 2. The fraction of sp³-hybridized carbons (Fsp3) is 0.200. The molecule has 0 radical (unpaired) electrons. The molecule has 0 bridgehead atoms. The van der Waals surface area contributed by atoms with Crippen LogP contribution in [0.15, 0.2) is 35.7 Å². The van der Waals surface area contributed by atoms with Gasteiger partial charge in [-0.15, -0.1) is 11.3 Å². The van der Waals surface area contributed by atoms with Gasteiger partial charge in [-0.1, -0.05) is 12.1 Å². The molecule has 2 amide bonds. The number of primary amides is 1. The van der Waals surface area contributed by atoms with E-state index in [-0.39, 0.29) is 5.91 Å². The lowest BCUT2D eigenvalue weighted by Crippen LogP contribution is -2.22. The number of nitrogens with zero attached hydrogens (tertiary/aromatic N) is 1. The Bertz CT molecular complexity index is 647. The van der Waals surface area contributed by atoms with Crippen molar-refractivity contribution in [1.29, 1.82) is 0 Å². The van der Waals surface area contributed by atoms with Crippen molar-refractivity contribution in [3.05, 3.63) is 51.7 Å². The largest absolute Gasteiger partial charge is 0.378 e. The van der Waals surface area contributed by atoms with Gasteiger partial charge in [0.2, 0.25) is 5.91 Å². The molecule has 2 rings (SSSR count). The summed E-state index contributed by atoms with van der Waals surface area (Å²) in [6.07, 6.45) is 0. The maximum atomic E-state index is 12.0. The number of nitrogens with one attached hydrogen (secondary N) is 1. The van der Waals surface area contributed by atoms with E-state index in [1.165, 1.54) is 17.4 Å². The fourth-order valence-corrected chi connectivity index (χ4v) is 2.58. The topological polar surface area (TPSA) is 75.4 Å². The standard InChI is InChI=1S/C15H17N3O2S/c1-18(2)12-5-3-10(4-6-12)8-17-15(20)13-7-11(9-21-13)14(16)19/h3-7,9H,8H2,1-2H3,(H2,16,19)(H,17,20). The Hall–Kier alpha value is -2.34. The Morgan fingerprint density at radius 2 is 1.90 bits per heavy atom. The summed E-state index contributed by atoms with van der Waals surface area (Å²) in [6.45, 7) is 0.441. The van der Waals surface area contributed by atoms with Crippen molar-refractivity contribution in [3.63, 3.8) is 0 Å². The van der Waals surface area contributed by atoms with E-state index in [0.717, 1.165) is 11.3 Å². The first kappa shape index (κ1) is 15.1. The number of benzene rings is 1. The summed E-state index contributed by atoms with van der Waals surface area (Å²) in [4.78, 5) is 25.5. The minimum Gasteiger partial charge on any atom is -0.378 e. The Morgan fingerprint density at radius 1 is 1.24 bits per heavy atom. The molecule has 0 saturated heterocycles. The first-order valence-corrected chi connectivity index (χ1v) is 7.28. The van der Waals surface area contributed by atoms with Crippen molar-refractivity contribution in [1.82, 2.24) is 5.32 Å². The fourth-order valence-electron chi connectivity index (χ4n) is 1.77. The second-order valence-electron chi connectivity index (χ2n) is 4.81. The van der Waals surface area contributed by atoms with Crippen LogP contribution in [0.5, 0.6) is 0 Å². The van der Waals surface area contributed by atoms with Gasteiger partial charge in [0.05, 0.1) is 10.4 Å². The van der Waals surface area contributed by atoms with Gasteiger partial charge < -0.3 is 16.0 Å². The molecule has 2 aromatic rings. The number of thiophene rings is 1. The number of carbonyl (C=O) groups is 2. The van der Waals surface area contributed by atoms with Crippen LogP contribution >= 0.6 is 11.3 Å². The van der Waals surface area contributed by atoms with Crippen molar-refractivity contribution in [2.75, 3.05) is 19.0 Å². The highest BCUT2D eigenvalue weighted by Gasteiger charge is 2.11. The SMILES string of the molecule is CN(C)c1ccc(CNC(=O)c2cc(C(N)=O)cs2)cc1. The van der Waals surface area contributed by atoms with Gasteiger partial charge in [0.1, 0.15) is 0 Å². The molecule has 21 heavy (non-hydrogen) atoms. The molecule has 3 N–H and O–H groups in total. The van der Waals surface area contributed by atoms with Gasteiger partial charge in [-0.25, -0.2) is 0 Å². The molecule has 110 valence electrons. The van der Waals surface area contributed by atoms with Crippen LogP contribution in [0, 0.1) is 0 Å². The molecule has 0 aliphatic carbocycles. The zero-order valence-corrected chi connectivity index (χ0v) is 12.7. The second kappa shape index (κ2) is 6.41. The number of amides is 2. The number of rotatable bonds is 5. The highest BCUT2D eigenvalue weighted by atomic mass is 32.1. The molecule has 0 spiro atoms. The normalized spacial score (nSPS) is 10.2. The van der Waals surface area contributed by atoms with Crippen LogP contribution in [-0.2, 0) is 6.54 Å². The molecule has 0 aliphatic heterocycles. The predicted octanol–water partition coefficient (Wildman–Crippen LogP) is 1.84. The summed E-state index contributed by atoms with van der Waals surface area (Å²) in [6, 6.07) is 9.45. The van der Waals surface area contributed by atoms with E-state index in [2.05, 4.69) is 5.32 Å². The third-order valence-electron chi connectivity index (χ3n) is 3.01. The lowest BCUT2D eigenvalue weighted by molar-refractivity contribution is 0.0955.